The van der Waals surface area contributed by atoms with E-state index in [9.17, 15) is 13.2 Å². The van der Waals surface area contributed by atoms with Crippen molar-refractivity contribution in [1.82, 2.24) is 0 Å². The summed E-state index contributed by atoms with van der Waals surface area (Å²) in [4.78, 5) is 12.5. The second-order valence-corrected chi connectivity index (χ2v) is 7.74. The quantitative estimate of drug-likeness (QED) is 0.721. The van der Waals surface area contributed by atoms with Crippen LogP contribution in [0.5, 0.6) is 0 Å². The molecular weight excluding hydrogens is 360 g/mol. The maximum atomic E-state index is 12.5. The van der Waals surface area contributed by atoms with Gasteiger partial charge >= 0.3 is 0 Å². The van der Waals surface area contributed by atoms with Crippen LogP contribution in [0.25, 0.3) is 10.8 Å². The largest absolute Gasteiger partial charge is 0.322 e. The van der Waals surface area contributed by atoms with E-state index in [0.29, 0.717) is 5.69 Å². The summed E-state index contributed by atoms with van der Waals surface area (Å²) in [6.07, 6.45) is 1.04. The Labute approximate surface area is 150 Å². The van der Waals surface area contributed by atoms with E-state index in [2.05, 4.69) is 10.0 Å². The first-order valence-electron chi connectivity index (χ1n) is 7.39. The third kappa shape index (κ3) is 4.29. The molecule has 0 saturated heterocycles. The summed E-state index contributed by atoms with van der Waals surface area (Å²) in [7, 11) is -3.44. The van der Waals surface area contributed by atoms with Gasteiger partial charge < -0.3 is 5.32 Å². The number of carbonyl (C=O) groups is 1. The maximum absolute atomic E-state index is 12.5. The summed E-state index contributed by atoms with van der Waals surface area (Å²) in [5.74, 6) is -0.419. The molecule has 0 fully saturated rings. The number of halogens is 1. The molecule has 0 heterocycles. The average Bonchev–Trinajstić information content (AvgIpc) is 2.55. The molecule has 7 heteroatoms. The fourth-order valence-electron chi connectivity index (χ4n) is 2.44. The van der Waals surface area contributed by atoms with E-state index < -0.39 is 15.9 Å². The zero-order valence-electron chi connectivity index (χ0n) is 13.3. The lowest BCUT2D eigenvalue weighted by Crippen LogP contribution is -2.14. The third-order valence-corrected chi connectivity index (χ3v) is 4.46. The van der Waals surface area contributed by atoms with Gasteiger partial charge in [-0.15, -0.1) is 0 Å². The SMILES string of the molecule is CS(=O)(=O)Nc1ccc(Cl)c(C(=O)Nc2ccc3ccccc3c2)c1. The maximum Gasteiger partial charge on any atom is 0.257 e. The Bertz CT molecular complexity index is 1060. The average molecular weight is 375 g/mol. The smallest absolute Gasteiger partial charge is 0.257 e. The predicted molar refractivity (Wildman–Crippen MR) is 102 cm³/mol. The number of amides is 1. The molecular formula is C18H15ClN2O3S. The molecule has 2 N–H and O–H groups in total. The molecule has 0 aliphatic heterocycles. The van der Waals surface area contributed by atoms with Crippen LogP contribution in [0.2, 0.25) is 5.02 Å². The third-order valence-electron chi connectivity index (χ3n) is 3.52. The van der Waals surface area contributed by atoms with Crippen LogP contribution in [0, 0.1) is 0 Å². The summed E-state index contributed by atoms with van der Waals surface area (Å²) in [5.41, 5.74) is 1.08. The van der Waals surface area contributed by atoms with E-state index in [0.717, 1.165) is 17.0 Å². The highest BCUT2D eigenvalue weighted by Crippen LogP contribution is 2.24. The number of rotatable bonds is 4. The lowest BCUT2D eigenvalue weighted by Gasteiger charge is -2.10. The van der Waals surface area contributed by atoms with Crippen molar-refractivity contribution < 1.29 is 13.2 Å². The molecule has 3 rings (SSSR count). The Morgan fingerprint density at radius 2 is 1.60 bits per heavy atom. The van der Waals surface area contributed by atoms with Crippen LogP contribution in [-0.4, -0.2) is 20.6 Å². The monoisotopic (exact) mass is 374 g/mol. The first-order chi connectivity index (χ1) is 11.8. The molecule has 5 nitrogen and oxygen atoms in total. The first kappa shape index (κ1) is 17.3. The Morgan fingerprint density at radius 3 is 2.32 bits per heavy atom. The second kappa shape index (κ2) is 6.74. The van der Waals surface area contributed by atoms with Gasteiger partial charge in [0.25, 0.3) is 5.91 Å². The molecule has 0 aromatic heterocycles. The van der Waals surface area contributed by atoms with Gasteiger partial charge in [0.1, 0.15) is 0 Å². The molecule has 0 bridgehead atoms. The Hall–Kier alpha value is -2.57. The zero-order valence-corrected chi connectivity index (χ0v) is 14.9. The molecule has 3 aromatic carbocycles. The molecule has 0 unspecified atom stereocenters. The normalized spacial score (nSPS) is 11.3. The zero-order chi connectivity index (χ0) is 18.0. The van der Waals surface area contributed by atoms with Gasteiger partial charge in [0.2, 0.25) is 10.0 Å². The van der Waals surface area contributed by atoms with Gasteiger partial charge in [-0.3, -0.25) is 9.52 Å². The molecule has 0 radical (unpaired) electrons. The van der Waals surface area contributed by atoms with Gasteiger partial charge in [0, 0.05) is 11.4 Å². The topological polar surface area (TPSA) is 75.3 Å². The fourth-order valence-corrected chi connectivity index (χ4v) is 3.20. The number of fused-ring (bicyclic) bond motifs is 1. The van der Waals surface area contributed by atoms with Gasteiger partial charge in [-0.1, -0.05) is 41.9 Å². The van der Waals surface area contributed by atoms with Crippen LogP contribution < -0.4 is 10.0 Å². The van der Waals surface area contributed by atoms with Crippen molar-refractivity contribution >= 4 is 49.7 Å². The van der Waals surface area contributed by atoms with E-state index in [-0.39, 0.29) is 16.3 Å². The summed E-state index contributed by atoms with van der Waals surface area (Å²) >= 11 is 6.09. The summed E-state index contributed by atoms with van der Waals surface area (Å²) in [6, 6.07) is 17.7. The van der Waals surface area contributed by atoms with Crippen molar-refractivity contribution in [2.24, 2.45) is 0 Å². The number of anilines is 2. The number of benzene rings is 3. The minimum absolute atomic E-state index is 0.184. The molecule has 0 atom stereocenters. The van der Waals surface area contributed by atoms with Gasteiger partial charge in [0.15, 0.2) is 0 Å². The van der Waals surface area contributed by atoms with E-state index in [1.807, 2.05) is 36.4 Å². The van der Waals surface area contributed by atoms with Crippen LogP contribution in [0.15, 0.2) is 60.7 Å². The molecule has 0 aliphatic carbocycles. The predicted octanol–water partition coefficient (Wildman–Crippen LogP) is 4.12. The van der Waals surface area contributed by atoms with Crippen LogP contribution in [-0.2, 0) is 10.0 Å². The van der Waals surface area contributed by atoms with Gasteiger partial charge in [-0.25, -0.2) is 8.42 Å². The Morgan fingerprint density at radius 1 is 0.920 bits per heavy atom. The molecule has 128 valence electrons. The van der Waals surface area contributed by atoms with Gasteiger partial charge in [-0.05, 0) is 41.1 Å². The van der Waals surface area contributed by atoms with Crippen LogP contribution in [0.4, 0.5) is 11.4 Å². The highest BCUT2D eigenvalue weighted by molar-refractivity contribution is 7.92. The first-order valence-corrected chi connectivity index (χ1v) is 9.66. The number of sulfonamides is 1. The molecule has 0 saturated carbocycles. The molecule has 3 aromatic rings. The number of hydrogen-bond acceptors (Lipinski definition) is 3. The molecule has 25 heavy (non-hydrogen) atoms. The van der Waals surface area contributed by atoms with Crippen molar-refractivity contribution in [3.63, 3.8) is 0 Å². The van der Waals surface area contributed by atoms with Gasteiger partial charge in [0.05, 0.1) is 16.8 Å². The highest BCUT2D eigenvalue weighted by Gasteiger charge is 2.13. The highest BCUT2D eigenvalue weighted by atomic mass is 35.5. The molecule has 0 aliphatic rings. The standard InChI is InChI=1S/C18H15ClN2O3S/c1-25(23,24)21-15-8-9-17(19)16(11-15)18(22)20-14-7-6-12-4-2-3-5-13(12)10-14/h2-11,21H,1H3,(H,20,22). The molecule has 0 spiro atoms. The minimum atomic E-state index is -3.44. The fraction of sp³-hybridized carbons (Fsp3) is 0.0556. The van der Waals surface area contributed by atoms with E-state index in [1.54, 1.807) is 6.07 Å². The lowest BCUT2D eigenvalue weighted by molar-refractivity contribution is 0.102. The summed E-state index contributed by atoms with van der Waals surface area (Å²) in [5, 5.41) is 5.08. The second-order valence-electron chi connectivity index (χ2n) is 5.58. The van der Waals surface area contributed by atoms with E-state index in [4.69, 9.17) is 11.6 Å². The number of hydrogen-bond donors (Lipinski definition) is 2. The summed E-state index contributed by atoms with van der Waals surface area (Å²) < 4.78 is 25.0. The van der Waals surface area contributed by atoms with E-state index >= 15 is 0 Å². The van der Waals surface area contributed by atoms with Crippen molar-refractivity contribution in [3.05, 3.63) is 71.2 Å². The van der Waals surface area contributed by atoms with Crippen LogP contribution >= 0.6 is 11.6 Å². The number of nitrogens with one attached hydrogen (secondary N) is 2. The minimum Gasteiger partial charge on any atom is -0.322 e. The van der Waals surface area contributed by atoms with Crippen molar-refractivity contribution in [2.75, 3.05) is 16.3 Å². The van der Waals surface area contributed by atoms with Crippen LogP contribution in [0.3, 0.4) is 0 Å². The van der Waals surface area contributed by atoms with Gasteiger partial charge in [-0.2, -0.15) is 0 Å². The van der Waals surface area contributed by atoms with Crippen molar-refractivity contribution in [1.29, 1.82) is 0 Å². The summed E-state index contributed by atoms with van der Waals surface area (Å²) in [6.45, 7) is 0. The van der Waals surface area contributed by atoms with Crippen molar-refractivity contribution in [3.8, 4) is 0 Å². The molecule has 1 amide bonds. The lowest BCUT2D eigenvalue weighted by atomic mass is 10.1. The Balaban J connectivity index is 1.88. The Kier molecular flexibility index (Phi) is 4.65. The van der Waals surface area contributed by atoms with Crippen LogP contribution in [0.1, 0.15) is 10.4 Å². The number of carbonyl (C=O) groups excluding carboxylic acids is 1. The van der Waals surface area contributed by atoms with E-state index in [1.165, 1.54) is 18.2 Å². The van der Waals surface area contributed by atoms with Crippen molar-refractivity contribution in [2.45, 2.75) is 0 Å².